The highest BCUT2D eigenvalue weighted by atomic mass is 32.2. The van der Waals surface area contributed by atoms with Gasteiger partial charge in [0.25, 0.3) is 5.91 Å². The van der Waals surface area contributed by atoms with Crippen LogP contribution < -0.4 is 16.4 Å². The number of benzene rings is 1. The van der Waals surface area contributed by atoms with E-state index in [1.54, 1.807) is 11.1 Å². The fourth-order valence-electron chi connectivity index (χ4n) is 4.43. The van der Waals surface area contributed by atoms with Gasteiger partial charge in [-0.1, -0.05) is 0 Å². The molecule has 1 aliphatic rings. The Kier molecular flexibility index (Phi) is 7.16. The molecule has 2 aromatic heterocycles. The number of pyridine rings is 1. The summed E-state index contributed by atoms with van der Waals surface area (Å²) in [6, 6.07) is 5.55. The van der Waals surface area contributed by atoms with Crippen molar-refractivity contribution in [2.75, 3.05) is 24.7 Å². The number of fused-ring (bicyclic) bond motifs is 1. The molecule has 1 saturated heterocycles. The van der Waals surface area contributed by atoms with Gasteiger partial charge in [-0.2, -0.15) is 5.10 Å². The van der Waals surface area contributed by atoms with Gasteiger partial charge in [-0.25, -0.2) is 22.9 Å². The molecule has 0 saturated carbocycles. The number of hydrogen-bond donors (Lipinski definition) is 3. The Morgan fingerprint density at radius 2 is 1.83 bits per heavy atom. The third kappa shape index (κ3) is 5.27. The number of amides is 3. The van der Waals surface area contributed by atoms with Gasteiger partial charge >= 0.3 is 6.03 Å². The Bertz CT molecular complexity index is 1390. The van der Waals surface area contributed by atoms with Crippen LogP contribution in [0.15, 0.2) is 35.4 Å². The first-order chi connectivity index (χ1) is 17.1. The van der Waals surface area contributed by atoms with Crippen LogP contribution in [-0.4, -0.2) is 65.4 Å². The lowest BCUT2D eigenvalue weighted by Gasteiger charge is -2.32. The zero-order chi connectivity index (χ0) is 26.0. The summed E-state index contributed by atoms with van der Waals surface area (Å²) < 4.78 is 25.2. The number of nitrogens with one attached hydrogen (secondary N) is 2. The first kappa shape index (κ1) is 25.4. The largest absolute Gasteiger partial charge is 0.381 e. The lowest BCUT2D eigenvalue weighted by Crippen LogP contribution is -2.44. The number of aromatic nitrogens is 3. The molecule has 36 heavy (non-hydrogen) atoms. The zero-order valence-electron chi connectivity index (χ0n) is 20.6. The molecule has 0 aliphatic carbocycles. The molecule has 3 heterocycles. The summed E-state index contributed by atoms with van der Waals surface area (Å²) in [5, 5.41) is 11.9. The lowest BCUT2D eigenvalue weighted by molar-refractivity contribution is 0.0951. The smallest absolute Gasteiger partial charge is 0.314 e. The average molecular weight is 514 g/mol. The van der Waals surface area contributed by atoms with Crippen molar-refractivity contribution < 1.29 is 18.0 Å². The van der Waals surface area contributed by atoms with E-state index in [0.717, 1.165) is 47.1 Å². The van der Waals surface area contributed by atoms with Crippen molar-refractivity contribution in [2.45, 2.75) is 50.7 Å². The van der Waals surface area contributed by atoms with E-state index in [1.165, 1.54) is 24.3 Å². The van der Waals surface area contributed by atoms with Crippen LogP contribution in [0.1, 0.15) is 41.4 Å². The maximum Gasteiger partial charge on any atom is 0.314 e. The van der Waals surface area contributed by atoms with Crippen LogP contribution in [0, 0.1) is 6.92 Å². The number of nitrogens with zero attached hydrogens (tertiary/aromatic N) is 4. The average Bonchev–Trinajstić information content (AvgIpc) is 3.26. The topological polar surface area (TPSA) is 152 Å². The molecule has 4 N–H and O–H groups in total. The van der Waals surface area contributed by atoms with Crippen LogP contribution in [0.4, 0.5) is 10.5 Å². The number of urea groups is 1. The molecule has 12 heteroatoms. The Morgan fingerprint density at radius 1 is 1.17 bits per heavy atom. The molecule has 11 nitrogen and oxygen atoms in total. The Balaban J connectivity index is 1.59. The normalized spacial score (nSPS) is 14.7. The minimum absolute atomic E-state index is 0.119. The molecule has 4 rings (SSSR count). The number of rotatable bonds is 7. The number of sulfone groups is 1. The monoisotopic (exact) mass is 513 g/mol. The summed E-state index contributed by atoms with van der Waals surface area (Å²) in [7, 11) is -3.34. The summed E-state index contributed by atoms with van der Waals surface area (Å²) >= 11 is 0. The first-order valence-electron chi connectivity index (χ1n) is 11.8. The van der Waals surface area contributed by atoms with Crippen molar-refractivity contribution >= 4 is 38.5 Å². The molecule has 3 amide bonds. The predicted molar refractivity (Wildman–Crippen MR) is 136 cm³/mol. The highest BCUT2D eigenvalue weighted by molar-refractivity contribution is 7.90. The number of piperidine rings is 1. The van der Waals surface area contributed by atoms with Gasteiger partial charge in [0, 0.05) is 55.3 Å². The van der Waals surface area contributed by atoms with Gasteiger partial charge in [0.2, 0.25) is 0 Å². The minimum atomic E-state index is -3.34. The van der Waals surface area contributed by atoms with Crippen molar-refractivity contribution in [3.8, 4) is 0 Å². The van der Waals surface area contributed by atoms with E-state index in [9.17, 15) is 18.0 Å². The molecule has 192 valence electrons. The van der Waals surface area contributed by atoms with Crippen LogP contribution >= 0.6 is 0 Å². The molecular weight excluding hydrogens is 482 g/mol. The van der Waals surface area contributed by atoms with E-state index in [1.807, 2.05) is 18.5 Å². The standard InChI is InChI=1S/C24H31N7O4S/c1-4-31-22-20(14-27-31)21(29-17-9-11-30(12-10-17)24(25)33)19(15(2)28-22)13-26-23(32)16-5-7-18(8-6-16)36(3,34)35/h5-8,14,17H,4,9-13H2,1-3H3,(H2,25,33)(H,26,32)(H,28,29). The van der Waals surface area contributed by atoms with Crippen LogP contribution in [0.2, 0.25) is 0 Å². The number of aryl methyl sites for hydroxylation is 2. The second-order valence-electron chi connectivity index (χ2n) is 8.97. The van der Waals surface area contributed by atoms with E-state index in [4.69, 9.17) is 10.7 Å². The maximum absolute atomic E-state index is 12.8. The predicted octanol–water partition coefficient (Wildman–Crippen LogP) is 2.05. The second-order valence-corrected chi connectivity index (χ2v) is 11.0. The second kappa shape index (κ2) is 10.1. The third-order valence-corrected chi connectivity index (χ3v) is 7.65. The van der Waals surface area contributed by atoms with Gasteiger partial charge in [0.05, 0.1) is 22.2 Å². The van der Waals surface area contributed by atoms with Gasteiger partial charge in [-0.15, -0.1) is 0 Å². The summed E-state index contributed by atoms with van der Waals surface area (Å²) in [5.74, 6) is -0.320. The zero-order valence-corrected chi connectivity index (χ0v) is 21.4. The molecular formula is C24H31N7O4S. The Hall–Kier alpha value is -3.67. The SMILES string of the molecule is CCn1ncc2c(NC3CCN(C(N)=O)CC3)c(CNC(=O)c3ccc(S(C)(=O)=O)cc3)c(C)nc21. The van der Waals surface area contributed by atoms with E-state index in [0.29, 0.717) is 25.2 Å². The van der Waals surface area contributed by atoms with E-state index < -0.39 is 15.9 Å². The van der Waals surface area contributed by atoms with Gasteiger partial charge in [-0.3, -0.25) is 4.79 Å². The van der Waals surface area contributed by atoms with Crippen molar-refractivity contribution in [1.29, 1.82) is 0 Å². The molecule has 1 fully saturated rings. The highest BCUT2D eigenvalue weighted by Crippen LogP contribution is 2.31. The van der Waals surface area contributed by atoms with Crippen LogP contribution in [0.5, 0.6) is 0 Å². The molecule has 0 atom stereocenters. The minimum Gasteiger partial charge on any atom is -0.381 e. The van der Waals surface area contributed by atoms with Crippen molar-refractivity contribution in [3.63, 3.8) is 0 Å². The molecule has 0 bridgehead atoms. The molecule has 0 radical (unpaired) electrons. The van der Waals surface area contributed by atoms with Crippen LogP contribution in [0.25, 0.3) is 11.0 Å². The van der Waals surface area contributed by atoms with Gasteiger partial charge in [-0.05, 0) is 51.0 Å². The quantitative estimate of drug-likeness (QED) is 0.437. The number of carbonyl (C=O) groups is 2. The summed E-state index contributed by atoms with van der Waals surface area (Å²) in [6.07, 6.45) is 4.39. The van der Waals surface area contributed by atoms with Crippen molar-refractivity contribution in [2.24, 2.45) is 5.73 Å². The van der Waals surface area contributed by atoms with Crippen molar-refractivity contribution in [1.82, 2.24) is 25.0 Å². The maximum atomic E-state index is 12.8. The third-order valence-electron chi connectivity index (χ3n) is 6.52. The number of carbonyl (C=O) groups excluding carboxylic acids is 2. The summed E-state index contributed by atoms with van der Waals surface area (Å²) in [5.41, 5.74) is 9.02. The Labute approximate surface area is 210 Å². The molecule has 3 aromatic rings. The fraction of sp³-hybridized carbons (Fsp3) is 0.417. The molecule has 1 aromatic carbocycles. The number of nitrogens with two attached hydrogens (primary N) is 1. The summed E-state index contributed by atoms with van der Waals surface area (Å²) in [4.78, 5) is 30.9. The van der Waals surface area contributed by atoms with Crippen LogP contribution in [0.3, 0.4) is 0 Å². The number of likely N-dealkylation sites (tertiary alicyclic amines) is 1. The molecule has 0 unspecified atom stereocenters. The van der Waals surface area contributed by atoms with E-state index in [-0.39, 0.29) is 23.4 Å². The molecule has 0 spiro atoms. The van der Waals surface area contributed by atoms with Gasteiger partial charge in [0.1, 0.15) is 0 Å². The fourth-order valence-corrected chi connectivity index (χ4v) is 5.06. The molecule has 1 aliphatic heterocycles. The highest BCUT2D eigenvalue weighted by Gasteiger charge is 2.24. The summed E-state index contributed by atoms with van der Waals surface area (Å²) in [6.45, 7) is 5.94. The number of anilines is 1. The lowest BCUT2D eigenvalue weighted by atomic mass is 10.0. The Morgan fingerprint density at radius 3 is 2.42 bits per heavy atom. The first-order valence-corrected chi connectivity index (χ1v) is 13.7. The van der Waals surface area contributed by atoms with Crippen LogP contribution in [-0.2, 0) is 22.9 Å². The van der Waals surface area contributed by atoms with Gasteiger partial charge in [0.15, 0.2) is 15.5 Å². The number of hydrogen-bond acceptors (Lipinski definition) is 7. The van der Waals surface area contributed by atoms with E-state index in [2.05, 4.69) is 15.7 Å². The van der Waals surface area contributed by atoms with Gasteiger partial charge < -0.3 is 21.3 Å². The van der Waals surface area contributed by atoms with Crippen molar-refractivity contribution in [3.05, 3.63) is 47.3 Å². The van der Waals surface area contributed by atoms with E-state index >= 15 is 0 Å². The number of primary amides is 1.